The molecule has 2 aliphatic heterocycles. The van der Waals surface area contributed by atoms with E-state index in [0.29, 0.717) is 32.5 Å². The van der Waals surface area contributed by atoms with Crippen LogP contribution in [0.1, 0.15) is 26.2 Å². The molecular weight excluding hydrogens is 363 g/mol. The van der Waals surface area contributed by atoms with E-state index in [1.165, 1.54) is 12.1 Å². The fraction of sp³-hybridized carbons (Fsp3) is 0.500. The highest BCUT2D eigenvalue weighted by atomic mass is 35.5. The Kier molecular flexibility index (Phi) is 5.58. The van der Waals surface area contributed by atoms with Crippen molar-refractivity contribution in [3.63, 3.8) is 0 Å². The molecule has 0 saturated carbocycles. The van der Waals surface area contributed by atoms with Crippen molar-refractivity contribution in [1.29, 1.82) is 0 Å². The van der Waals surface area contributed by atoms with Crippen molar-refractivity contribution < 1.29 is 23.5 Å². The number of carbonyl (C=O) groups is 3. The summed E-state index contributed by atoms with van der Waals surface area (Å²) in [6, 6.07) is 3.22. The Morgan fingerprint density at radius 3 is 2.62 bits per heavy atom. The molecule has 1 atom stereocenters. The van der Waals surface area contributed by atoms with Crippen LogP contribution in [0.2, 0.25) is 5.02 Å². The van der Waals surface area contributed by atoms with Gasteiger partial charge in [-0.15, -0.1) is 0 Å². The average Bonchev–Trinajstić information content (AvgIpc) is 2.92. The van der Waals surface area contributed by atoms with Crippen LogP contribution in [0.5, 0.6) is 0 Å². The van der Waals surface area contributed by atoms with Crippen molar-refractivity contribution in [3.05, 3.63) is 29.0 Å². The number of anilines is 1. The van der Waals surface area contributed by atoms with Gasteiger partial charge in [-0.1, -0.05) is 11.6 Å². The number of carbonyl (C=O) groups excluding carboxylic acids is 3. The lowest BCUT2D eigenvalue weighted by Gasteiger charge is -2.33. The van der Waals surface area contributed by atoms with Crippen LogP contribution in [0.15, 0.2) is 18.2 Å². The molecule has 2 aliphatic rings. The summed E-state index contributed by atoms with van der Waals surface area (Å²) >= 11 is 5.77. The van der Waals surface area contributed by atoms with E-state index in [2.05, 4.69) is 0 Å². The highest BCUT2D eigenvalue weighted by molar-refractivity contribution is 6.31. The SMILES string of the molecule is CCOC(=O)C1CCN(C2CC(=O)N(c3ccc(F)c(Cl)c3)C2=O)CC1. The minimum absolute atomic E-state index is 0.0674. The first-order valence-corrected chi connectivity index (χ1v) is 9.02. The van der Waals surface area contributed by atoms with Crippen molar-refractivity contribution in [2.75, 3.05) is 24.6 Å². The van der Waals surface area contributed by atoms with Crippen LogP contribution in [-0.4, -0.2) is 48.4 Å². The monoisotopic (exact) mass is 382 g/mol. The largest absolute Gasteiger partial charge is 0.466 e. The zero-order chi connectivity index (χ0) is 18.8. The highest BCUT2D eigenvalue weighted by Gasteiger charge is 2.44. The van der Waals surface area contributed by atoms with Gasteiger partial charge in [0.05, 0.1) is 35.7 Å². The quantitative estimate of drug-likeness (QED) is 0.591. The number of amides is 2. The number of hydrogen-bond donors (Lipinski definition) is 0. The van der Waals surface area contributed by atoms with Crippen molar-refractivity contribution in [3.8, 4) is 0 Å². The van der Waals surface area contributed by atoms with Gasteiger partial charge >= 0.3 is 5.97 Å². The number of rotatable bonds is 4. The fourth-order valence-electron chi connectivity index (χ4n) is 3.50. The summed E-state index contributed by atoms with van der Waals surface area (Å²) < 4.78 is 18.4. The van der Waals surface area contributed by atoms with Crippen molar-refractivity contribution >= 4 is 35.1 Å². The maximum absolute atomic E-state index is 13.3. The minimum Gasteiger partial charge on any atom is -0.466 e. The average molecular weight is 383 g/mol. The smallest absolute Gasteiger partial charge is 0.309 e. The first-order chi connectivity index (χ1) is 12.4. The predicted octanol–water partition coefficient (Wildman–Crippen LogP) is 2.39. The van der Waals surface area contributed by atoms with Gasteiger partial charge < -0.3 is 4.74 Å². The van der Waals surface area contributed by atoms with Gasteiger partial charge in [0.25, 0.3) is 5.91 Å². The van der Waals surface area contributed by atoms with Gasteiger partial charge in [0, 0.05) is 0 Å². The second-order valence-electron chi connectivity index (χ2n) is 6.45. The number of hydrogen-bond acceptors (Lipinski definition) is 5. The molecule has 0 aliphatic carbocycles. The van der Waals surface area contributed by atoms with Gasteiger partial charge in [-0.25, -0.2) is 9.29 Å². The zero-order valence-electron chi connectivity index (χ0n) is 14.4. The van der Waals surface area contributed by atoms with E-state index in [0.717, 1.165) is 11.0 Å². The topological polar surface area (TPSA) is 66.9 Å². The van der Waals surface area contributed by atoms with E-state index in [-0.39, 0.29) is 40.8 Å². The summed E-state index contributed by atoms with van der Waals surface area (Å²) in [5, 5.41) is -0.137. The van der Waals surface area contributed by atoms with Gasteiger partial charge in [-0.05, 0) is 51.1 Å². The van der Waals surface area contributed by atoms with Crippen LogP contribution in [0.4, 0.5) is 10.1 Å². The molecule has 140 valence electrons. The molecule has 1 unspecified atom stereocenters. The van der Waals surface area contributed by atoms with Crippen LogP contribution >= 0.6 is 11.6 Å². The van der Waals surface area contributed by atoms with E-state index in [1.54, 1.807) is 6.92 Å². The lowest BCUT2D eigenvalue weighted by Crippen LogP contribution is -2.47. The number of nitrogens with zero attached hydrogens (tertiary/aromatic N) is 2. The van der Waals surface area contributed by atoms with E-state index in [9.17, 15) is 18.8 Å². The molecule has 0 spiro atoms. The third-order valence-corrected chi connectivity index (χ3v) is 5.16. The van der Waals surface area contributed by atoms with Crippen molar-refractivity contribution in [2.24, 2.45) is 5.92 Å². The lowest BCUT2D eigenvalue weighted by molar-refractivity contribution is -0.149. The Morgan fingerprint density at radius 2 is 2.00 bits per heavy atom. The molecule has 0 aromatic heterocycles. The Morgan fingerprint density at radius 1 is 1.31 bits per heavy atom. The summed E-state index contributed by atoms with van der Waals surface area (Å²) in [7, 11) is 0. The molecule has 0 bridgehead atoms. The maximum Gasteiger partial charge on any atom is 0.309 e. The molecule has 26 heavy (non-hydrogen) atoms. The van der Waals surface area contributed by atoms with Crippen LogP contribution in [0, 0.1) is 11.7 Å². The van der Waals surface area contributed by atoms with Crippen molar-refractivity contribution in [1.82, 2.24) is 4.90 Å². The first-order valence-electron chi connectivity index (χ1n) is 8.65. The van der Waals surface area contributed by atoms with E-state index in [1.807, 2.05) is 4.90 Å². The lowest BCUT2D eigenvalue weighted by atomic mass is 9.95. The molecule has 2 fully saturated rings. The molecule has 1 aromatic carbocycles. The molecule has 2 saturated heterocycles. The van der Waals surface area contributed by atoms with Gasteiger partial charge in [0.1, 0.15) is 5.82 Å². The van der Waals surface area contributed by atoms with Crippen LogP contribution < -0.4 is 4.90 Å². The molecule has 6 nitrogen and oxygen atoms in total. The fourth-order valence-corrected chi connectivity index (χ4v) is 3.68. The molecule has 2 amide bonds. The van der Waals surface area contributed by atoms with Gasteiger partial charge in [0.2, 0.25) is 5.91 Å². The molecule has 2 heterocycles. The molecule has 0 N–H and O–H groups in total. The molecule has 1 aromatic rings. The molecular formula is C18H20ClFN2O4. The van der Waals surface area contributed by atoms with Crippen LogP contribution in [0.3, 0.4) is 0 Å². The Labute approximate surface area is 155 Å². The van der Waals surface area contributed by atoms with Crippen molar-refractivity contribution in [2.45, 2.75) is 32.2 Å². The van der Waals surface area contributed by atoms with Gasteiger partial charge in [-0.2, -0.15) is 0 Å². The molecule has 8 heteroatoms. The van der Waals surface area contributed by atoms with Gasteiger partial charge in [-0.3, -0.25) is 19.3 Å². The summed E-state index contributed by atoms with van der Waals surface area (Å²) in [5.41, 5.74) is 0.273. The van der Waals surface area contributed by atoms with Crippen LogP contribution in [0.25, 0.3) is 0 Å². The number of halogens is 2. The molecule has 3 rings (SSSR count). The third-order valence-electron chi connectivity index (χ3n) is 4.87. The second-order valence-corrected chi connectivity index (χ2v) is 6.86. The van der Waals surface area contributed by atoms with Gasteiger partial charge in [0.15, 0.2) is 0 Å². The number of imide groups is 1. The summed E-state index contributed by atoms with van der Waals surface area (Å²) in [6.45, 7) is 3.21. The third kappa shape index (κ3) is 3.59. The molecule has 0 radical (unpaired) electrons. The maximum atomic E-state index is 13.3. The Hall–Kier alpha value is -1.99. The number of benzene rings is 1. The number of piperidine rings is 1. The Bertz CT molecular complexity index is 734. The zero-order valence-corrected chi connectivity index (χ0v) is 15.2. The highest BCUT2D eigenvalue weighted by Crippen LogP contribution is 2.30. The van der Waals surface area contributed by atoms with Crippen LogP contribution in [-0.2, 0) is 19.1 Å². The van der Waals surface area contributed by atoms with E-state index in [4.69, 9.17) is 16.3 Å². The normalized spacial score (nSPS) is 22.1. The summed E-state index contributed by atoms with van der Waals surface area (Å²) in [6.07, 6.45) is 1.26. The number of likely N-dealkylation sites (tertiary alicyclic amines) is 1. The number of esters is 1. The van der Waals surface area contributed by atoms with E-state index >= 15 is 0 Å². The minimum atomic E-state index is -0.605. The number of ether oxygens (including phenoxy) is 1. The summed E-state index contributed by atoms with van der Waals surface area (Å²) in [4.78, 5) is 39.9. The standard InChI is InChI=1S/C18H20ClFN2O4/c1-2-26-18(25)11-5-7-21(8-6-11)15-10-16(23)22(17(15)24)12-3-4-14(20)13(19)9-12/h3-4,9,11,15H,2,5-8,10H2,1H3. The second kappa shape index (κ2) is 7.72. The predicted molar refractivity (Wildman–Crippen MR) is 93.2 cm³/mol. The Balaban J connectivity index is 1.68. The first kappa shape index (κ1) is 18.8. The van der Waals surface area contributed by atoms with E-state index < -0.39 is 11.9 Å². The summed E-state index contributed by atoms with van der Waals surface area (Å²) in [5.74, 6) is -1.65.